The summed E-state index contributed by atoms with van der Waals surface area (Å²) in [6.45, 7) is 3.89. The standard InChI is InChI=1S/C25H31N3O4/c29-23(28-12-16-32-17-13-28)7-11-27-24(30)25(8-14-31-15-9-25)18-20-4-1-2-6-22(20)21-5-3-10-26-19-21/h1-6,10,19H,7-9,11-18H2,(H,27,30). The van der Waals surface area contributed by atoms with Crippen LogP contribution in [-0.2, 0) is 25.5 Å². The van der Waals surface area contributed by atoms with Gasteiger partial charge in [0.25, 0.3) is 0 Å². The molecule has 3 heterocycles. The number of carbonyl (C=O) groups excluding carboxylic acids is 2. The molecule has 7 heteroatoms. The van der Waals surface area contributed by atoms with E-state index in [1.54, 1.807) is 6.20 Å². The number of hydrogen-bond donors (Lipinski definition) is 1. The number of carbonyl (C=O) groups is 2. The number of amides is 2. The second-order valence-electron chi connectivity index (χ2n) is 8.47. The van der Waals surface area contributed by atoms with Gasteiger partial charge in [0.1, 0.15) is 0 Å². The van der Waals surface area contributed by atoms with Gasteiger partial charge in [-0.1, -0.05) is 30.3 Å². The maximum absolute atomic E-state index is 13.4. The van der Waals surface area contributed by atoms with E-state index >= 15 is 0 Å². The van der Waals surface area contributed by atoms with Gasteiger partial charge in [0.05, 0.1) is 18.6 Å². The molecule has 0 saturated carbocycles. The van der Waals surface area contributed by atoms with Crippen LogP contribution in [0.4, 0.5) is 0 Å². The Kier molecular flexibility index (Phi) is 7.50. The average Bonchev–Trinajstić information content (AvgIpc) is 2.86. The molecule has 32 heavy (non-hydrogen) atoms. The summed E-state index contributed by atoms with van der Waals surface area (Å²) in [6.07, 6.45) is 5.88. The second-order valence-corrected chi connectivity index (χ2v) is 8.47. The third kappa shape index (κ3) is 5.34. The number of benzene rings is 1. The quantitative estimate of drug-likeness (QED) is 0.720. The van der Waals surface area contributed by atoms with Crippen molar-refractivity contribution in [2.45, 2.75) is 25.7 Å². The Bertz CT molecular complexity index is 906. The number of pyridine rings is 1. The van der Waals surface area contributed by atoms with Crippen LogP contribution in [0.1, 0.15) is 24.8 Å². The molecule has 1 aromatic carbocycles. The van der Waals surface area contributed by atoms with E-state index in [0.29, 0.717) is 71.7 Å². The summed E-state index contributed by atoms with van der Waals surface area (Å²) in [5.41, 5.74) is 2.73. The van der Waals surface area contributed by atoms with E-state index in [0.717, 1.165) is 16.7 Å². The Morgan fingerprint density at radius 3 is 2.50 bits per heavy atom. The van der Waals surface area contributed by atoms with Crippen LogP contribution in [-0.4, -0.2) is 67.8 Å². The van der Waals surface area contributed by atoms with E-state index in [4.69, 9.17) is 9.47 Å². The molecule has 0 unspecified atom stereocenters. The molecule has 2 aliphatic heterocycles. The van der Waals surface area contributed by atoms with Crippen molar-refractivity contribution in [2.24, 2.45) is 5.41 Å². The molecule has 2 amide bonds. The zero-order valence-electron chi connectivity index (χ0n) is 18.4. The van der Waals surface area contributed by atoms with Gasteiger partial charge in [0.15, 0.2) is 0 Å². The molecule has 4 rings (SSSR count). The summed E-state index contributed by atoms with van der Waals surface area (Å²) >= 11 is 0. The smallest absolute Gasteiger partial charge is 0.226 e. The lowest BCUT2D eigenvalue weighted by Crippen LogP contribution is -2.47. The fraction of sp³-hybridized carbons (Fsp3) is 0.480. The molecule has 0 spiro atoms. The summed E-state index contributed by atoms with van der Waals surface area (Å²) in [5, 5.41) is 3.06. The van der Waals surface area contributed by atoms with Gasteiger partial charge in [-0.25, -0.2) is 0 Å². The minimum Gasteiger partial charge on any atom is -0.381 e. The molecule has 2 aromatic rings. The number of morpholine rings is 1. The molecule has 170 valence electrons. The molecule has 1 aromatic heterocycles. The summed E-state index contributed by atoms with van der Waals surface area (Å²) in [5.74, 6) is 0.0770. The van der Waals surface area contributed by atoms with Crippen molar-refractivity contribution in [3.63, 3.8) is 0 Å². The second kappa shape index (κ2) is 10.7. The molecule has 0 atom stereocenters. The fourth-order valence-electron chi connectivity index (χ4n) is 4.53. The summed E-state index contributed by atoms with van der Waals surface area (Å²) in [4.78, 5) is 31.9. The maximum atomic E-state index is 13.4. The van der Waals surface area contributed by atoms with Crippen molar-refractivity contribution >= 4 is 11.8 Å². The predicted molar refractivity (Wildman–Crippen MR) is 121 cm³/mol. The van der Waals surface area contributed by atoms with E-state index in [2.05, 4.69) is 22.4 Å². The highest BCUT2D eigenvalue weighted by molar-refractivity contribution is 5.84. The summed E-state index contributed by atoms with van der Waals surface area (Å²) in [6, 6.07) is 12.2. The molecule has 0 bridgehead atoms. The molecule has 7 nitrogen and oxygen atoms in total. The molecular weight excluding hydrogens is 406 g/mol. The normalized spacial score (nSPS) is 18.2. The lowest BCUT2D eigenvalue weighted by atomic mass is 9.73. The van der Waals surface area contributed by atoms with Crippen molar-refractivity contribution < 1.29 is 19.1 Å². The number of rotatable bonds is 7. The van der Waals surface area contributed by atoms with Crippen LogP contribution in [0.2, 0.25) is 0 Å². The number of aromatic nitrogens is 1. The van der Waals surface area contributed by atoms with Crippen LogP contribution in [0.15, 0.2) is 48.8 Å². The van der Waals surface area contributed by atoms with Gasteiger partial charge in [-0.05, 0) is 36.5 Å². The molecule has 2 aliphatic rings. The first kappa shape index (κ1) is 22.4. The molecule has 1 N–H and O–H groups in total. The topological polar surface area (TPSA) is 80.8 Å². The van der Waals surface area contributed by atoms with Crippen LogP contribution in [0.25, 0.3) is 11.1 Å². The lowest BCUT2D eigenvalue weighted by molar-refractivity contribution is -0.137. The van der Waals surface area contributed by atoms with Crippen molar-refractivity contribution in [3.8, 4) is 11.1 Å². The summed E-state index contributed by atoms with van der Waals surface area (Å²) in [7, 11) is 0. The summed E-state index contributed by atoms with van der Waals surface area (Å²) < 4.78 is 10.9. The van der Waals surface area contributed by atoms with E-state index in [1.807, 2.05) is 35.4 Å². The van der Waals surface area contributed by atoms with Crippen molar-refractivity contribution in [3.05, 3.63) is 54.4 Å². The van der Waals surface area contributed by atoms with Crippen LogP contribution in [0.3, 0.4) is 0 Å². The molecule has 0 radical (unpaired) electrons. The van der Waals surface area contributed by atoms with Crippen molar-refractivity contribution in [1.82, 2.24) is 15.2 Å². The van der Waals surface area contributed by atoms with Gasteiger partial charge >= 0.3 is 0 Å². The van der Waals surface area contributed by atoms with Crippen molar-refractivity contribution in [1.29, 1.82) is 0 Å². The van der Waals surface area contributed by atoms with Crippen LogP contribution < -0.4 is 5.32 Å². The van der Waals surface area contributed by atoms with Crippen LogP contribution in [0.5, 0.6) is 0 Å². The van der Waals surface area contributed by atoms with E-state index in [1.165, 1.54) is 0 Å². The first-order valence-corrected chi connectivity index (χ1v) is 11.4. The SMILES string of the molecule is O=C(CCNC(=O)C1(Cc2ccccc2-c2cccnc2)CCOCC1)N1CCOCC1. The van der Waals surface area contributed by atoms with Crippen LogP contribution >= 0.6 is 0 Å². The van der Waals surface area contributed by atoms with Gasteiger partial charge in [0.2, 0.25) is 11.8 Å². The van der Waals surface area contributed by atoms with Gasteiger partial charge in [-0.2, -0.15) is 0 Å². The zero-order valence-corrected chi connectivity index (χ0v) is 18.4. The van der Waals surface area contributed by atoms with Gasteiger partial charge in [0, 0.05) is 57.2 Å². The fourth-order valence-corrected chi connectivity index (χ4v) is 4.53. The molecule has 0 aliphatic carbocycles. The van der Waals surface area contributed by atoms with Gasteiger partial charge in [-0.15, -0.1) is 0 Å². The monoisotopic (exact) mass is 437 g/mol. The highest BCUT2D eigenvalue weighted by Crippen LogP contribution is 2.37. The number of nitrogens with one attached hydrogen (secondary N) is 1. The van der Waals surface area contributed by atoms with Gasteiger partial charge < -0.3 is 19.7 Å². The maximum Gasteiger partial charge on any atom is 0.226 e. The first-order valence-electron chi connectivity index (χ1n) is 11.4. The Balaban J connectivity index is 1.45. The van der Waals surface area contributed by atoms with E-state index in [9.17, 15) is 9.59 Å². The molecule has 2 fully saturated rings. The van der Waals surface area contributed by atoms with E-state index in [-0.39, 0.29) is 11.8 Å². The third-order valence-electron chi connectivity index (χ3n) is 6.44. The minimum absolute atomic E-state index is 0.0107. The first-order chi connectivity index (χ1) is 15.7. The average molecular weight is 438 g/mol. The largest absolute Gasteiger partial charge is 0.381 e. The minimum atomic E-state index is -0.543. The third-order valence-corrected chi connectivity index (χ3v) is 6.44. The molecular formula is C25H31N3O4. The van der Waals surface area contributed by atoms with E-state index < -0.39 is 5.41 Å². The number of nitrogens with zero attached hydrogens (tertiary/aromatic N) is 2. The zero-order chi connectivity index (χ0) is 22.2. The number of ether oxygens (including phenoxy) is 2. The predicted octanol–water partition coefficient (Wildman–Crippen LogP) is 2.45. The molecule has 2 saturated heterocycles. The Morgan fingerprint density at radius 1 is 1.00 bits per heavy atom. The highest BCUT2D eigenvalue weighted by Gasteiger charge is 2.40. The van der Waals surface area contributed by atoms with Crippen LogP contribution in [0, 0.1) is 5.41 Å². The van der Waals surface area contributed by atoms with Gasteiger partial charge in [-0.3, -0.25) is 14.6 Å². The highest BCUT2D eigenvalue weighted by atomic mass is 16.5. The number of hydrogen-bond acceptors (Lipinski definition) is 5. The Morgan fingerprint density at radius 2 is 1.75 bits per heavy atom. The Labute approximate surface area is 189 Å². The lowest BCUT2D eigenvalue weighted by Gasteiger charge is -2.36. The Hall–Kier alpha value is -2.77. The van der Waals surface area contributed by atoms with Crippen molar-refractivity contribution in [2.75, 3.05) is 46.1 Å².